The van der Waals surface area contributed by atoms with Crippen molar-refractivity contribution in [2.45, 2.75) is 75.4 Å². The third kappa shape index (κ3) is 4.22. The third-order valence-corrected chi connectivity index (χ3v) is 4.99. The number of ether oxygens (including phenoxy) is 1. The number of carbonyl (C=O) groups is 2. The summed E-state index contributed by atoms with van der Waals surface area (Å²) in [6.07, 6.45) is 2.42. The van der Waals surface area contributed by atoms with Crippen molar-refractivity contribution in [3.63, 3.8) is 0 Å². The Labute approximate surface area is 135 Å². The number of nitrogens with one attached hydrogen (secondary N) is 2. The molecule has 23 heavy (non-hydrogen) atoms. The van der Waals surface area contributed by atoms with Crippen LogP contribution in [0.5, 0.6) is 0 Å². The van der Waals surface area contributed by atoms with E-state index in [1.807, 2.05) is 0 Å². The summed E-state index contributed by atoms with van der Waals surface area (Å²) in [6.45, 7) is 0.161. The van der Waals surface area contributed by atoms with E-state index in [1.54, 1.807) is 0 Å². The Morgan fingerprint density at radius 1 is 1.00 bits per heavy atom. The van der Waals surface area contributed by atoms with Gasteiger partial charge in [-0.3, -0.25) is 9.59 Å². The molecule has 2 amide bonds. The van der Waals surface area contributed by atoms with Crippen LogP contribution in [0.4, 0.5) is 0 Å². The Morgan fingerprint density at radius 3 is 2.30 bits per heavy atom. The zero-order valence-electron chi connectivity index (χ0n) is 13.2. The molecule has 7 heteroatoms. The molecule has 3 fully saturated rings. The number of rotatable bonds is 6. The highest BCUT2D eigenvalue weighted by Gasteiger charge is 2.43. The molecule has 2 aliphatic carbocycles. The molecule has 0 aromatic carbocycles. The first-order valence-electron chi connectivity index (χ1n) is 8.63. The van der Waals surface area contributed by atoms with Crippen LogP contribution < -0.4 is 10.6 Å². The molecule has 4 atom stereocenters. The zero-order valence-corrected chi connectivity index (χ0v) is 13.2. The molecule has 7 nitrogen and oxygen atoms in total. The van der Waals surface area contributed by atoms with Crippen molar-refractivity contribution in [1.82, 2.24) is 10.6 Å². The number of hydrogen-bond donors (Lipinski definition) is 4. The Bertz CT molecular complexity index is 448. The minimum Gasteiger partial charge on any atom is -0.388 e. The van der Waals surface area contributed by atoms with Crippen molar-refractivity contribution in [2.24, 2.45) is 5.92 Å². The predicted molar refractivity (Wildman–Crippen MR) is 81.4 cm³/mol. The maximum atomic E-state index is 12.0. The molecule has 0 aromatic heterocycles. The highest BCUT2D eigenvalue weighted by atomic mass is 16.5. The number of aliphatic hydroxyl groups is 2. The van der Waals surface area contributed by atoms with Crippen LogP contribution in [-0.2, 0) is 14.3 Å². The van der Waals surface area contributed by atoms with Crippen LogP contribution in [0.2, 0.25) is 0 Å². The molecule has 0 aromatic rings. The summed E-state index contributed by atoms with van der Waals surface area (Å²) in [4.78, 5) is 23.8. The van der Waals surface area contributed by atoms with E-state index >= 15 is 0 Å². The fourth-order valence-electron chi connectivity index (χ4n) is 3.39. The van der Waals surface area contributed by atoms with Crippen molar-refractivity contribution >= 4 is 11.8 Å². The standard InChI is InChI=1S/C16H26N2O5/c19-13(18-10-5-6-10)7-11-14(20)15(21)12(23-11)8-17-16(22)9-3-1-2-4-9/h9-12,14-15,20-21H,1-8H2,(H,17,22)(H,18,19)/t11-,12+,14-,15+/m0/s1. The fourth-order valence-corrected chi connectivity index (χ4v) is 3.39. The van der Waals surface area contributed by atoms with E-state index in [0.29, 0.717) is 0 Å². The lowest BCUT2D eigenvalue weighted by molar-refractivity contribution is -0.127. The molecular formula is C16H26N2O5. The molecule has 4 N–H and O–H groups in total. The van der Waals surface area contributed by atoms with E-state index in [1.165, 1.54) is 0 Å². The van der Waals surface area contributed by atoms with Gasteiger partial charge in [0.1, 0.15) is 18.3 Å². The van der Waals surface area contributed by atoms with Crippen LogP contribution in [0.1, 0.15) is 44.9 Å². The Kier molecular flexibility index (Phi) is 5.18. The Balaban J connectivity index is 1.44. The molecule has 1 saturated heterocycles. The normalized spacial score (nSPS) is 34.5. The quantitative estimate of drug-likeness (QED) is 0.524. The van der Waals surface area contributed by atoms with Gasteiger partial charge >= 0.3 is 0 Å². The Morgan fingerprint density at radius 2 is 1.65 bits per heavy atom. The second-order valence-electron chi connectivity index (χ2n) is 6.97. The minimum absolute atomic E-state index is 0.0114. The van der Waals surface area contributed by atoms with E-state index in [2.05, 4.69) is 10.6 Å². The van der Waals surface area contributed by atoms with Gasteiger partial charge in [0.15, 0.2) is 0 Å². The van der Waals surface area contributed by atoms with Gasteiger partial charge in [-0.1, -0.05) is 12.8 Å². The summed E-state index contributed by atoms with van der Waals surface area (Å²) in [5, 5.41) is 25.7. The van der Waals surface area contributed by atoms with Crippen LogP contribution in [0.15, 0.2) is 0 Å². The van der Waals surface area contributed by atoms with Crippen molar-refractivity contribution in [1.29, 1.82) is 0 Å². The van der Waals surface area contributed by atoms with Crippen LogP contribution >= 0.6 is 0 Å². The van der Waals surface area contributed by atoms with E-state index in [-0.39, 0.29) is 36.7 Å². The van der Waals surface area contributed by atoms with Gasteiger partial charge in [0.2, 0.25) is 11.8 Å². The summed E-state index contributed by atoms with van der Waals surface area (Å²) < 4.78 is 5.60. The summed E-state index contributed by atoms with van der Waals surface area (Å²) in [5.74, 6) is -0.124. The van der Waals surface area contributed by atoms with Gasteiger partial charge in [-0.05, 0) is 25.7 Å². The maximum Gasteiger partial charge on any atom is 0.223 e. The molecule has 0 bridgehead atoms. The molecule has 0 unspecified atom stereocenters. The molecule has 1 aliphatic heterocycles. The summed E-state index contributed by atoms with van der Waals surface area (Å²) >= 11 is 0. The molecule has 3 rings (SSSR count). The number of amides is 2. The predicted octanol–water partition coefficient (Wildman–Crippen LogP) is -0.549. The molecule has 0 radical (unpaired) electrons. The van der Waals surface area contributed by atoms with Gasteiger partial charge < -0.3 is 25.6 Å². The van der Waals surface area contributed by atoms with Crippen molar-refractivity contribution in [3.05, 3.63) is 0 Å². The van der Waals surface area contributed by atoms with E-state index in [9.17, 15) is 19.8 Å². The summed E-state index contributed by atoms with van der Waals surface area (Å²) in [5.41, 5.74) is 0. The second-order valence-corrected chi connectivity index (χ2v) is 6.97. The summed E-state index contributed by atoms with van der Waals surface area (Å²) in [6, 6.07) is 0.257. The first kappa shape index (κ1) is 16.7. The van der Waals surface area contributed by atoms with E-state index < -0.39 is 24.4 Å². The molecule has 130 valence electrons. The monoisotopic (exact) mass is 326 g/mol. The van der Waals surface area contributed by atoms with Gasteiger partial charge in [0.25, 0.3) is 0 Å². The van der Waals surface area contributed by atoms with Gasteiger partial charge in [-0.25, -0.2) is 0 Å². The fraction of sp³-hybridized carbons (Fsp3) is 0.875. The second kappa shape index (κ2) is 7.15. The average Bonchev–Trinajstić information content (AvgIpc) is 3.08. The molecule has 3 aliphatic rings. The first-order valence-corrected chi connectivity index (χ1v) is 8.63. The third-order valence-electron chi connectivity index (χ3n) is 4.99. The van der Waals surface area contributed by atoms with Gasteiger partial charge in [0.05, 0.1) is 12.5 Å². The van der Waals surface area contributed by atoms with E-state index in [4.69, 9.17) is 4.74 Å². The minimum atomic E-state index is -1.10. The van der Waals surface area contributed by atoms with Crippen LogP contribution in [-0.4, -0.2) is 59.0 Å². The number of aliphatic hydroxyl groups excluding tert-OH is 2. The largest absolute Gasteiger partial charge is 0.388 e. The van der Waals surface area contributed by atoms with E-state index in [0.717, 1.165) is 38.5 Å². The smallest absolute Gasteiger partial charge is 0.223 e. The van der Waals surface area contributed by atoms with Crippen molar-refractivity contribution in [2.75, 3.05) is 6.54 Å². The van der Waals surface area contributed by atoms with Gasteiger partial charge in [-0.2, -0.15) is 0 Å². The first-order chi connectivity index (χ1) is 11.0. The molecular weight excluding hydrogens is 300 g/mol. The lowest BCUT2D eigenvalue weighted by Crippen LogP contribution is -2.41. The lowest BCUT2D eigenvalue weighted by atomic mass is 10.0. The van der Waals surface area contributed by atoms with Crippen LogP contribution in [0, 0.1) is 5.92 Å². The molecule has 1 heterocycles. The van der Waals surface area contributed by atoms with Gasteiger partial charge in [0, 0.05) is 18.5 Å². The van der Waals surface area contributed by atoms with Gasteiger partial charge in [-0.15, -0.1) is 0 Å². The topological polar surface area (TPSA) is 108 Å². The maximum absolute atomic E-state index is 12.0. The summed E-state index contributed by atoms with van der Waals surface area (Å²) in [7, 11) is 0. The number of hydrogen-bond acceptors (Lipinski definition) is 5. The zero-order chi connectivity index (χ0) is 16.4. The van der Waals surface area contributed by atoms with Crippen LogP contribution in [0.25, 0.3) is 0 Å². The van der Waals surface area contributed by atoms with Crippen LogP contribution in [0.3, 0.4) is 0 Å². The van der Waals surface area contributed by atoms with Crippen molar-refractivity contribution < 1.29 is 24.5 Å². The Hall–Kier alpha value is -1.18. The van der Waals surface area contributed by atoms with Crippen molar-refractivity contribution in [3.8, 4) is 0 Å². The average molecular weight is 326 g/mol. The number of carbonyl (C=O) groups excluding carboxylic acids is 2. The SMILES string of the molecule is O=C(C[C@@H]1O[C@H](CNC(=O)C2CCCC2)[C@@H](O)[C@H]1O)NC1CC1. The lowest BCUT2D eigenvalue weighted by Gasteiger charge is -2.17. The molecule has 0 spiro atoms. The molecule has 2 saturated carbocycles. The highest BCUT2D eigenvalue weighted by molar-refractivity contribution is 5.79. The highest BCUT2D eigenvalue weighted by Crippen LogP contribution is 2.26.